The van der Waals surface area contributed by atoms with Gasteiger partial charge in [0.15, 0.2) is 0 Å². The van der Waals surface area contributed by atoms with Crippen LogP contribution in [0.5, 0.6) is 0 Å². The maximum Gasteiger partial charge on any atom is 1.00 e. The molecule has 2 N–H and O–H groups in total. The number of carbonyl (C=O) groups is 2. The molecule has 0 spiro atoms. The molecule has 24 heavy (non-hydrogen) atoms. The first-order chi connectivity index (χ1) is 11.0. The van der Waals surface area contributed by atoms with Crippen molar-refractivity contribution in [3.63, 3.8) is 0 Å². The molecule has 0 aromatic rings. The van der Waals surface area contributed by atoms with Crippen molar-refractivity contribution < 1.29 is 49.4 Å². The van der Waals surface area contributed by atoms with Crippen LogP contribution in [-0.2, 0) is 9.59 Å². The molecular formula is C18H36NNaO4. The zero-order valence-electron chi connectivity index (χ0n) is 16.1. The molecule has 0 aliphatic carbocycles. The molecule has 0 aromatic carbocycles. The number of carboxylic acids is 2. The Morgan fingerprint density at radius 1 is 0.833 bits per heavy atom. The Kier molecular flexibility index (Phi) is 30.1. The van der Waals surface area contributed by atoms with Gasteiger partial charge in [-0.15, -0.1) is 0 Å². The summed E-state index contributed by atoms with van der Waals surface area (Å²) in [6.45, 7) is 5.36. The average molecular weight is 353 g/mol. The third-order valence-electron chi connectivity index (χ3n) is 3.51. The van der Waals surface area contributed by atoms with E-state index in [1.54, 1.807) is 0 Å². The minimum atomic E-state index is -0.995. The zero-order chi connectivity index (χ0) is 17.8. The molecule has 6 heteroatoms. The van der Waals surface area contributed by atoms with Gasteiger partial charge in [0.05, 0.1) is 6.42 Å². The fourth-order valence-electron chi connectivity index (χ4n) is 2.06. The van der Waals surface area contributed by atoms with Gasteiger partial charge in [-0.3, -0.25) is 4.79 Å². The monoisotopic (exact) mass is 353 g/mol. The van der Waals surface area contributed by atoms with E-state index in [0.717, 1.165) is 6.54 Å². The van der Waals surface area contributed by atoms with Gasteiger partial charge in [-0.25, -0.2) is 0 Å². The Hall–Kier alpha value is -0.100. The summed E-state index contributed by atoms with van der Waals surface area (Å²) in [5, 5.41) is 20.9. The summed E-state index contributed by atoms with van der Waals surface area (Å²) in [5.74, 6) is -1.71. The van der Waals surface area contributed by atoms with Gasteiger partial charge < -0.3 is 20.3 Å². The van der Waals surface area contributed by atoms with E-state index in [1.165, 1.54) is 71.1 Å². The summed E-state index contributed by atoms with van der Waals surface area (Å²) in [6, 6.07) is 0. The van der Waals surface area contributed by atoms with Gasteiger partial charge in [-0.1, -0.05) is 71.6 Å². The van der Waals surface area contributed by atoms with Crippen molar-refractivity contribution >= 4 is 11.9 Å². The maximum absolute atomic E-state index is 10.3. The summed E-state index contributed by atoms with van der Waals surface area (Å²) in [5.41, 5.74) is 0. The van der Waals surface area contributed by atoms with Crippen molar-refractivity contribution in [2.75, 3.05) is 13.1 Å². The Bertz CT molecular complexity index is 276. The van der Waals surface area contributed by atoms with Crippen LogP contribution in [0.3, 0.4) is 0 Å². The summed E-state index contributed by atoms with van der Waals surface area (Å²) in [6.07, 6.45) is 13.8. The smallest absolute Gasteiger partial charge is 0.550 e. The van der Waals surface area contributed by atoms with E-state index in [2.05, 4.69) is 12.2 Å². The fraction of sp³-hybridized carbons (Fsp3) is 0.889. The molecule has 0 unspecified atom stereocenters. The fourth-order valence-corrected chi connectivity index (χ4v) is 2.06. The molecule has 0 amide bonds. The molecule has 0 radical (unpaired) electrons. The number of hydrogen-bond acceptors (Lipinski definition) is 4. The van der Waals surface area contributed by atoms with E-state index in [4.69, 9.17) is 5.11 Å². The molecule has 0 heterocycles. The molecule has 0 fully saturated rings. The van der Waals surface area contributed by atoms with Crippen LogP contribution in [0.4, 0.5) is 0 Å². The van der Waals surface area contributed by atoms with E-state index in [9.17, 15) is 14.7 Å². The summed E-state index contributed by atoms with van der Waals surface area (Å²) < 4.78 is 0. The zero-order valence-corrected chi connectivity index (χ0v) is 18.1. The average Bonchev–Trinajstić information content (AvgIpc) is 2.52. The largest absolute Gasteiger partial charge is 1.00 e. The quantitative estimate of drug-likeness (QED) is 0.322. The first-order valence-electron chi connectivity index (χ1n) is 9.16. The van der Waals surface area contributed by atoms with Gasteiger partial charge in [0.2, 0.25) is 0 Å². The molecule has 0 aromatic heterocycles. The van der Waals surface area contributed by atoms with Crippen molar-refractivity contribution in [2.24, 2.45) is 0 Å². The van der Waals surface area contributed by atoms with Crippen molar-refractivity contribution in [2.45, 2.75) is 90.9 Å². The van der Waals surface area contributed by atoms with Gasteiger partial charge in [-0.2, -0.15) is 0 Å². The third-order valence-corrected chi connectivity index (χ3v) is 3.51. The minimum Gasteiger partial charge on any atom is -0.550 e. The van der Waals surface area contributed by atoms with Gasteiger partial charge in [0.1, 0.15) is 0 Å². The third kappa shape index (κ3) is 33.5. The Labute approximate surface area is 170 Å². The number of carboxylic acid groups (broad SMARTS) is 2. The SMILES string of the molecule is CCC(=O)[O-].CCCCCCCCCCCCNCCC(=O)O.[Na+]. The number of unbranched alkanes of at least 4 members (excludes halogenated alkanes) is 9. The Morgan fingerprint density at radius 2 is 1.25 bits per heavy atom. The predicted molar refractivity (Wildman–Crippen MR) is 92.3 cm³/mol. The maximum atomic E-state index is 10.3. The molecule has 138 valence electrons. The van der Waals surface area contributed by atoms with Crippen molar-refractivity contribution in [3.8, 4) is 0 Å². The molecule has 0 atom stereocenters. The number of hydrogen-bond donors (Lipinski definition) is 2. The van der Waals surface area contributed by atoms with Gasteiger partial charge in [-0.05, 0) is 19.4 Å². The number of aliphatic carboxylic acids is 2. The van der Waals surface area contributed by atoms with Crippen molar-refractivity contribution in [1.29, 1.82) is 0 Å². The standard InChI is InChI=1S/C15H31NO2.C3H6O2.Na/c1-2-3-4-5-6-7-8-9-10-11-13-16-14-12-15(17)18;1-2-3(4)5;/h16H,2-14H2,1H3,(H,17,18);2H2,1H3,(H,4,5);/q;;+1/p-1. The first kappa shape index (κ1) is 28.7. The van der Waals surface area contributed by atoms with Crippen LogP contribution >= 0.6 is 0 Å². The molecule has 0 aliphatic heterocycles. The summed E-state index contributed by atoms with van der Waals surface area (Å²) in [4.78, 5) is 19.5. The van der Waals surface area contributed by atoms with Crippen LogP contribution in [0.15, 0.2) is 0 Å². The molecular weight excluding hydrogens is 317 g/mol. The van der Waals surface area contributed by atoms with Crippen LogP contribution in [-0.4, -0.2) is 30.1 Å². The first-order valence-corrected chi connectivity index (χ1v) is 9.16. The summed E-state index contributed by atoms with van der Waals surface area (Å²) >= 11 is 0. The predicted octanol–water partition coefficient (Wildman–Crippen LogP) is 0.122. The van der Waals surface area contributed by atoms with E-state index in [-0.39, 0.29) is 42.4 Å². The van der Waals surface area contributed by atoms with E-state index >= 15 is 0 Å². The minimum absolute atomic E-state index is 0. The van der Waals surface area contributed by atoms with Crippen LogP contribution < -0.4 is 40.0 Å². The van der Waals surface area contributed by atoms with Crippen molar-refractivity contribution in [3.05, 3.63) is 0 Å². The van der Waals surface area contributed by atoms with E-state index < -0.39 is 11.9 Å². The number of nitrogens with one attached hydrogen (secondary N) is 1. The number of carbonyl (C=O) groups excluding carboxylic acids is 1. The Morgan fingerprint density at radius 3 is 1.62 bits per heavy atom. The van der Waals surface area contributed by atoms with Gasteiger partial charge in [0.25, 0.3) is 0 Å². The molecule has 0 rings (SSSR count). The van der Waals surface area contributed by atoms with Gasteiger partial charge >= 0.3 is 35.5 Å². The van der Waals surface area contributed by atoms with Crippen LogP contribution in [0.25, 0.3) is 0 Å². The van der Waals surface area contributed by atoms with E-state index in [0.29, 0.717) is 6.54 Å². The van der Waals surface area contributed by atoms with E-state index in [1.807, 2.05) is 0 Å². The van der Waals surface area contributed by atoms with Crippen LogP contribution in [0, 0.1) is 0 Å². The topological polar surface area (TPSA) is 89.5 Å². The van der Waals surface area contributed by atoms with Gasteiger partial charge in [0, 0.05) is 12.5 Å². The molecule has 0 bridgehead atoms. The second-order valence-electron chi connectivity index (χ2n) is 5.80. The summed E-state index contributed by atoms with van der Waals surface area (Å²) in [7, 11) is 0. The number of rotatable bonds is 15. The van der Waals surface area contributed by atoms with Crippen molar-refractivity contribution in [1.82, 2.24) is 5.32 Å². The second-order valence-corrected chi connectivity index (χ2v) is 5.80. The van der Waals surface area contributed by atoms with Crippen LogP contribution in [0.2, 0.25) is 0 Å². The molecule has 0 aliphatic rings. The van der Waals surface area contributed by atoms with Crippen LogP contribution in [0.1, 0.15) is 90.9 Å². The molecule has 0 saturated heterocycles. The molecule has 5 nitrogen and oxygen atoms in total. The normalized spacial score (nSPS) is 9.58. The Balaban J connectivity index is -0.000000639. The molecule has 0 saturated carbocycles. The second kappa shape index (κ2) is 25.1.